The highest BCUT2D eigenvalue weighted by molar-refractivity contribution is 9.10. The summed E-state index contributed by atoms with van der Waals surface area (Å²) in [6.45, 7) is 0.391. The minimum absolute atomic E-state index is 0.109. The molecule has 1 amide bonds. The van der Waals surface area contributed by atoms with Gasteiger partial charge < -0.3 is 10.6 Å². The van der Waals surface area contributed by atoms with E-state index in [2.05, 4.69) is 26.6 Å². The zero-order chi connectivity index (χ0) is 16.0. The Labute approximate surface area is 144 Å². The highest BCUT2D eigenvalue weighted by Gasteiger charge is 2.53. The fourth-order valence-corrected chi connectivity index (χ4v) is 5.86. The van der Waals surface area contributed by atoms with Crippen LogP contribution in [-0.2, 0) is 4.79 Å². The summed E-state index contributed by atoms with van der Waals surface area (Å²) in [5.74, 6) is 2.13. The van der Waals surface area contributed by atoms with Gasteiger partial charge in [0.2, 0.25) is 0 Å². The number of quaternary nitrogens is 1. The Morgan fingerprint density at radius 2 is 1.83 bits per heavy atom. The van der Waals surface area contributed by atoms with Crippen LogP contribution in [0, 0.1) is 23.6 Å². The van der Waals surface area contributed by atoms with Crippen LogP contribution in [0.4, 0.5) is 10.1 Å². The summed E-state index contributed by atoms with van der Waals surface area (Å²) < 4.78 is 14.5. The van der Waals surface area contributed by atoms with Gasteiger partial charge in [0.25, 0.3) is 5.91 Å². The van der Waals surface area contributed by atoms with Crippen molar-refractivity contribution in [3.05, 3.63) is 28.5 Å². The largest absolute Gasteiger partial charge is 0.334 e. The van der Waals surface area contributed by atoms with Gasteiger partial charge in [-0.1, -0.05) is 15.9 Å². The lowest BCUT2D eigenvalue weighted by Gasteiger charge is -2.54. The van der Waals surface area contributed by atoms with Crippen LogP contribution < -0.4 is 10.6 Å². The first-order valence-corrected chi connectivity index (χ1v) is 9.40. The first-order valence-electron chi connectivity index (χ1n) is 8.61. The number of benzene rings is 1. The van der Waals surface area contributed by atoms with Crippen molar-refractivity contribution in [3.8, 4) is 0 Å². The second-order valence-corrected chi connectivity index (χ2v) is 8.78. The normalized spacial score (nSPS) is 34.6. The number of nitrogens with one attached hydrogen (secondary N) is 1. The molecule has 4 aliphatic carbocycles. The van der Waals surface area contributed by atoms with Crippen LogP contribution >= 0.6 is 15.9 Å². The molecule has 3 nitrogen and oxygen atoms in total. The van der Waals surface area contributed by atoms with E-state index in [1.54, 1.807) is 12.1 Å². The summed E-state index contributed by atoms with van der Waals surface area (Å²) in [6, 6.07) is 4.71. The van der Waals surface area contributed by atoms with Crippen molar-refractivity contribution < 1.29 is 14.5 Å². The van der Waals surface area contributed by atoms with E-state index in [0.29, 0.717) is 11.0 Å². The van der Waals surface area contributed by atoms with Gasteiger partial charge in [0.05, 0.1) is 11.2 Å². The summed E-state index contributed by atoms with van der Waals surface area (Å²) in [5.41, 5.74) is 0.543. The summed E-state index contributed by atoms with van der Waals surface area (Å²) in [4.78, 5) is 12.2. The predicted molar refractivity (Wildman–Crippen MR) is 90.4 cm³/mol. The molecule has 0 spiro atoms. The molecule has 0 atom stereocenters. The number of nitrogens with two attached hydrogens (primary N) is 1. The zero-order valence-corrected chi connectivity index (χ0v) is 14.7. The zero-order valence-electron chi connectivity index (χ0n) is 13.2. The van der Waals surface area contributed by atoms with E-state index in [9.17, 15) is 9.18 Å². The van der Waals surface area contributed by atoms with E-state index < -0.39 is 5.82 Å². The molecule has 1 aromatic carbocycles. The van der Waals surface area contributed by atoms with Crippen molar-refractivity contribution in [3.63, 3.8) is 0 Å². The first-order chi connectivity index (χ1) is 11.0. The molecule has 0 radical (unpaired) electrons. The molecule has 0 aromatic heterocycles. The lowest BCUT2D eigenvalue weighted by molar-refractivity contribution is -0.729. The molecule has 3 N–H and O–H groups in total. The van der Waals surface area contributed by atoms with Gasteiger partial charge in [-0.3, -0.25) is 4.79 Å². The molecule has 23 heavy (non-hydrogen) atoms. The summed E-state index contributed by atoms with van der Waals surface area (Å²) >= 11 is 3.22. The first kappa shape index (κ1) is 15.6. The number of halogens is 2. The van der Waals surface area contributed by atoms with Gasteiger partial charge in [-0.2, -0.15) is 0 Å². The molecule has 0 saturated heterocycles. The maximum Gasteiger partial charge on any atom is 0.279 e. The number of carbonyl (C=O) groups excluding carboxylic acids is 1. The van der Waals surface area contributed by atoms with Crippen molar-refractivity contribution in [1.29, 1.82) is 0 Å². The van der Waals surface area contributed by atoms with Gasteiger partial charge >= 0.3 is 0 Å². The lowest BCUT2D eigenvalue weighted by atomic mass is 9.53. The molecule has 1 aromatic rings. The number of hydrogen-bond acceptors (Lipinski definition) is 1. The smallest absolute Gasteiger partial charge is 0.279 e. The number of amides is 1. The maximum atomic E-state index is 13.8. The Kier molecular flexibility index (Phi) is 3.96. The molecule has 0 aliphatic heterocycles. The van der Waals surface area contributed by atoms with Gasteiger partial charge in [0.1, 0.15) is 5.82 Å². The lowest BCUT2D eigenvalue weighted by Crippen LogP contribution is -3.00. The van der Waals surface area contributed by atoms with Crippen LogP contribution in [0.15, 0.2) is 22.7 Å². The van der Waals surface area contributed by atoms with Gasteiger partial charge in [0.15, 0.2) is 6.54 Å². The van der Waals surface area contributed by atoms with E-state index in [1.165, 1.54) is 44.6 Å². The molecular formula is C18H23BrFN2O+. The monoisotopic (exact) mass is 381 g/mol. The average molecular weight is 382 g/mol. The minimum Gasteiger partial charge on any atom is -0.334 e. The molecule has 0 heterocycles. The van der Waals surface area contributed by atoms with Gasteiger partial charge in [-0.15, -0.1) is 0 Å². The fourth-order valence-electron chi connectivity index (χ4n) is 5.53. The molecule has 4 fully saturated rings. The molecule has 0 unspecified atom stereocenters. The number of carbonyl (C=O) groups is 1. The van der Waals surface area contributed by atoms with Gasteiger partial charge in [-0.05, 0) is 55.2 Å². The Hall–Kier alpha value is -0.940. The number of hydrogen-bond donors (Lipinski definition) is 2. The standard InChI is InChI=1S/C18H22BrFN2O/c19-14-1-2-16(15(20)6-14)22-17(23)10-21-18-7-11-3-12(8-18)5-13(4-11)9-18/h1-2,6,11-13,21H,3-5,7-10H2,(H,22,23)/p+1. The van der Waals surface area contributed by atoms with Crippen molar-refractivity contribution in [2.45, 2.75) is 44.1 Å². The SMILES string of the molecule is O=C(C[NH2+]C12CC3CC(CC(C3)C1)C2)Nc1ccc(Br)cc1F. The topological polar surface area (TPSA) is 45.7 Å². The van der Waals surface area contributed by atoms with Crippen LogP contribution in [0.1, 0.15) is 38.5 Å². The molecule has 5 rings (SSSR count). The third-order valence-electron chi connectivity index (χ3n) is 6.01. The van der Waals surface area contributed by atoms with E-state index in [4.69, 9.17) is 0 Å². The van der Waals surface area contributed by atoms with Crippen molar-refractivity contribution in [2.24, 2.45) is 17.8 Å². The average Bonchev–Trinajstić information content (AvgIpc) is 2.47. The molecule has 4 aliphatic rings. The predicted octanol–water partition coefficient (Wildman–Crippen LogP) is 3.06. The van der Waals surface area contributed by atoms with Crippen molar-refractivity contribution >= 4 is 27.5 Å². The van der Waals surface area contributed by atoms with E-state index in [0.717, 1.165) is 17.8 Å². The van der Waals surface area contributed by atoms with E-state index in [1.807, 2.05) is 0 Å². The van der Waals surface area contributed by atoms with Gasteiger partial charge in [0, 0.05) is 23.7 Å². The third-order valence-corrected chi connectivity index (χ3v) is 6.50. The van der Waals surface area contributed by atoms with Crippen molar-refractivity contribution in [1.82, 2.24) is 0 Å². The molecule has 4 saturated carbocycles. The Morgan fingerprint density at radius 1 is 1.22 bits per heavy atom. The van der Waals surface area contributed by atoms with Crippen LogP contribution in [0.5, 0.6) is 0 Å². The van der Waals surface area contributed by atoms with Crippen LogP contribution in [0.3, 0.4) is 0 Å². The minimum atomic E-state index is -0.400. The Balaban J connectivity index is 1.36. The van der Waals surface area contributed by atoms with Crippen LogP contribution in [0.25, 0.3) is 0 Å². The quantitative estimate of drug-likeness (QED) is 0.826. The van der Waals surface area contributed by atoms with E-state index in [-0.39, 0.29) is 17.1 Å². The molecule has 124 valence electrons. The van der Waals surface area contributed by atoms with Gasteiger partial charge in [-0.25, -0.2) is 4.39 Å². The second-order valence-electron chi connectivity index (χ2n) is 7.86. The second kappa shape index (κ2) is 5.85. The summed E-state index contributed by atoms with van der Waals surface area (Å²) in [7, 11) is 0. The third kappa shape index (κ3) is 3.18. The van der Waals surface area contributed by atoms with Crippen LogP contribution in [0.2, 0.25) is 0 Å². The summed E-state index contributed by atoms with van der Waals surface area (Å²) in [5, 5.41) is 4.96. The molecule has 5 heteroatoms. The molecule has 4 bridgehead atoms. The Morgan fingerprint density at radius 3 is 2.39 bits per heavy atom. The highest BCUT2D eigenvalue weighted by Crippen LogP contribution is 2.54. The fraction of sp³-hybridized carbons (Fsp3) is 0.611. The van der Waals surface area contributed by atoms with Crippen LogP contribution in [-0.4, -0.2) is 18.0 Å². The Bertz CT molecular complexity index is 598. The summed E-state index contributed by atoms with van der Waals surface area (Å²) in [6.07, 6.45) is 8.01. The number of rotatable bonds is 4. The maximum absolute atomic E-state index is 13.8. The highest BCUT2D eigenvalue weighted by atomic mass is 79.9. The van der Waals surface area contributed by atoms with Crippen molar-refractivity contribution in [2.75, 3.05) is 11.9 Å². The number of anilines is 1. The molecular weight excluding hydrogens is 359 g/mol. The van der Waals surface area contributed by atoms with E-state index >= 15 is 0 Å².